The number of nitrogens with zero attached hydrogens (tertiary/aromatic N) is 5. The van der Waals surface area contributed by atoms with Gasteiger partial charge in [0.05, 0.1) is 17.3 Å². The van der Waals surface area contributed by atoms with Crippen LogP contribution in [0.15, 0.2) is 36.8 Å². The number of hydrogen-bond donors (Lipinski definition) is 0. The highest BCUT2D eigenvalue weighted by molar-refractivity contribution is 5.95. The molecule has 4 rings (SSSR count). The zero-order valence-corrected chi connectivity index (χ0v) is 15.9. The van der Waals surface area contributed by atoms with Crippen LogP contribution in [0.25, 0.3) is 10.9 Å². The molecule has 0 bridgehead atoms. The van der Waals surface area contributed by atoms with Crippen molar-refractivity contribution in [3.05, 3.63) is 53.7 Å². The maximum atomic E-state index is 12.9. The molecule has 0 atom stereocenters. The third-order valence-corrected chi connectivity index (χ3v) is 5.48. The smallest absolute Gasteiger partial charge is 0.257 e. The first-order valence-corrected chi connectivity index (χ1v) is 9.69. The molecule has 0 unspecified atom stereocenters. The van der Waals surface area contributed by atoms with Crippen molar-refractivity contribution in [2.75, 3.05) is 13.1 Å². The highest BCUT2D eigenvalue weighted by Crippen LogP contribution is 2.29. The minimum absolute atomic E-state index is 0.0986. The molecular weight excluding hydrogens is 338 g/mol. The highest BCUT2D eigenvalue weighted by Gasteiger charge is 2.27. The van der Waals surface area contributed by atoms with Crippen LogP contribution in [0.5, 0.6) is 0 Å². The molecule has 0 spiro atoms. The normalized spacial score (nSPS) is 15.4. The van der Waals surface area contributed by atoms with Crippen molar-refractivity contribution in [2.45, 2.75) is 45.6 Å². The van der Waals surface area contributed by atoms with E-state index in [1.165, 1.54) is 0 Å². The third-order valence-electron chi connectivity index (χ3n) is 5.48. The third kappa shape index (κ3) is 3.44. The summed E-state index contributed by atoms with van der Waals surface area (Å²) >= 11 is 0. The molecular formula is C21H25N5O. The highest BCUT2D eigenvalue weighted by atomic mass is 16.2. The van der Waals surface area contributed by atoms with Gasteiger partial charge < -0.3 is 4.90 Å². The number of fused-ring (bicyclic) bond motifs is 1. The number of carbonyl (C=O) groups is 1. The van der Waals surface area contributed by atoms with Crippen molar-refractivity contribution in [1.29, 1.82) is 0 Å². The van der Waals surface area contributed by atoms with E-state index in [0.717, 1.165) is 66.8 Å². The standard InChI is InChI=1S/C21H25N5O/c1-3-9-26-15(2)18(14-24-26)21(27)25-10-6-16(7-11-25)19-12-20-17(13-23-19)5-4-8-22-20/h4-5,8,12-14,16H,3,6-7,9-11H2,1-2H3. The van der Waals surface area contributed by atoms with E-state index in [2.05, 4.69) is 28.1 Å². The lowest BCUT2D eigenvalue weighted by Crippen LogP contribution is -2.38. The quantitative estimate of drug-likeness (QED) is 0.711. The van der Waals surface area contributed by atoms with Crippen LogP contribution in [0.4, 0.5) is 0 Å². The van der Waals surface area contributed by atoms with Crippen LogP contribution in [0.2, 0.25) is 0 Å². The lowest BCUT2D eigenvalue weighted by atomic mass is 9.92. The van der Waals surface area contributed by atoms with Crippen molar-refractivity contribution < 1.29 is 4.79 Å². The van der Waals surface area contributed by atoms with E-state index < -0.39 is 0 Å². The van der Waals surface area contributed by atoms with Crippen LogP contribution in [-0.4, -0.2) is 43.6 Å². The molecule has 1 amide bonds. The summed E-state index contributed by atoms with van der Waals surface area (Å²) in [4.78, 5) is 23.9. The van der Waals surface area contributed by atoms with Crippen LogP contribution in [0, 0.1) is 6.92 Å². The Morgan fingerprint density at radius 1 is 1.22 bits per heavy atom. The monoisotopic (exact) mass is 363 g/mol. The van der Waals surface area contributed by atoms with E-state index >= 15 is 0 Å². The molecule has 27 heavy (non-hydrogen) atoms. The zero-order chi connectivity index (χ0) is 18.8. The molecule has 0 N–H and O–H groups in total. The van der Waals surface area contributed by atoms with Gasteiger partial charge in [0.15, 0.2) is 0 Å². The Hall–Kier alpha value is -2.76. The van der Waals surface area contributed by atoms with Crippen molar-refractivity contribution in [3.63, 3.8) is 0 Å². The van der Waals surface area contributed by atoms with E-state index in [9.17, 15) is 4.79 Å². The molecule has 3 aromatic rings. The first kappa shape index (κ1) is 17.6. The van der Waals surface area contributed by atoms with Crippen LogP contribution in [0.1, 0.15) is 53.8 Å². The number of aromatic nitrogens is 4. The molecule has 4 heterocycles. The second kappa shape index (κ2) is 7.47. The van der Waals surface area contributed by atoms with Gasteiger partial charge in [0.25, 0.3) is 5.91 Å². The minimum atomic E-state index is 0.0986. The molecule has 140 valence electrons. The van der Waals surface area contributed by atoms with E-state index in [1.807, 2.05) is 41.0 Å². The number of piperidine rings is 1. The maximum Gasteiger partial charge on any atom is 0.257 e. The van der Waals surface area contributed by atoms with E-state index in [4.69, 9.17) is 0 Å². The molecule has 0 aliphatic carbocycles. The van der Waals surface area contributed by atoms with Gasteiger partial charge in [-0.2, -0.15) is 5.10 Å². The summed E-state index contributed by atoms with van der Waals surface area (Å²) in [6, 6.07) is 6.05. The van der Waals surface area contributed by atoms with E-state index in [-0.39, 0.29) is 5.91 Å². The number of likely N-dealkylation sites (tertiary alicyclic amines) is 1. The van der Waals surface area contributed by atoms with Crippen LogP contribution in [-0.2, 0) is 6.54 Å². The Bertz CT molecular complexity index is 956. The first-order valence-electron chi connectivity index (χ1n) is 9.69. The molecule has 6 heteroatoms. The summed E-state index contributed by atoms with van der Waals surface area (Å²) in [6.07, 6.45) is 8.30. The largest absolute Gasteiger partial charge is 0.338 e. The van der Waals surface area contributed by atoms with E-state index in [1.54, 1.807) is 6.20 Å². The summed E-state index contributed by atoms with van der Waals surface area (Å²) in [5.74, 6) is 0.478. The van der Waals surface area contributed by atoms with Crippen LogP contribution in [0.3, 0.4) is 0 Å². The average molecular weight is 363 g/mol. The second-order valence-corrected chi connectivity index (χ2v) is 7.24. The predicted molar refractivity (Wildman–Crippen MR) is 105 cm³/mol. The summed E-state index contributed by atoms with van der Waals surface area (Å²) in [6.45, 7) is 6.45. The summed E-state index contributed by atoms with van der Waals surface area (Å²) in [7, 11) is 0. The molecule has 0 aromatic carbocycles. The van der Waals surface area contributed by atoms with Crippen molar-refractivity contribution in [1.82, 2.24) is 24.6 Å². The summed E-state index contributed by atoms with van der Waals surface area (Å²) in [5.41, 5.74) is 3.77. The Morgan fingerprint density at radius 3 is 2.81 bits per heavy atom. The molecule has 0 saturated carbocycles. The number of carbonyl (C=O) groups excluding carboxylic acids is 1. The maximum absolute atomic E-state index is 12.9. The Labute approximate surface area is 159 Å². The second-order valence-electron chi connectivity index (χ2n) is 7.24. The fraction of sp³-hybridized carbons (Fsp3) is 0.429. The van der Waals surface area contributed by atoms with Crippen molar-refractivity contribution >= 4 is 16.8 Å². The first-order chi connectivity index (χ1) is 13.2. The number of aryl methyl sites for hydroxylation is 1. The fourth-order valence-corrected chi connectivity index (χ4v) is 3.85. The molecule has 1 fully saturated rings. The van der Waals surface area contributed by atoms with Crippen molar-refractivity contribution in [2.24, 2.45) is 0 Å². The molecule has 3 aromatic heterocycles. The van der Waals surface area contributed by atoms with Gasteiger partial charge >= 0.3 is 0 Å². The Balaban J connectivity index is 1.44. The van der Waals surface area contributed by atoms with Gasteiger partial charge in [0, 0.05) is 54.7 Å². The lowest BCUT2D eigenvalue weighted by Gasteiger charge is -2.31. The van der Waals surface area contributed by atoms with Gasteiger partial charge in [0.1, 0.15) is 0 Å². The van der Waals surface area contributed by atoms with Gasteiger partial charge in [-0.3, -0.25) is 19.4 Å². The van der Waals surface area contributed by atoms with Gasteiger partial charge in [-0.25, -0.2) is 0 Å². The summed E-state index contributed by atoms with van der Waals surface area (Å²) < 4.78 is 1.92. The van der Waals surface area contributed by atoms with Gasteiger partial charge in [-0.05, 0) is 44.4 Å². The molecule has 1 saturated heterocycles. The SMILES string of the molecule is CCCn1ncc(C(=O)N2CCC(c3cc4ncccc4cn3)CC2)c1C. The van der Waals surface area contributed by atoms with Crippen LogP contribution >= 0.6 is 0 Å². The fourth-order valence-electron chi connectivity index (χ4n) is 3.85. The average Bonchev–Trinajstić information content (AvgIpc) is 3.08. The molecule has 6 nitrogen and oxygen atoms in total. The molecule has 1 aliphatic heterocycles. The molecule has 1 aliphatic rings. The number of pyridine rings is 2. The molecule has 0 radical (unpaired) electrons. The van der Waals surface area contributed by atoms with Gasteiger partial charge in [-0.1, -0.05) is 6.92 Å². The van der Waals surface area contributed by atoms with Gasteiger partial charge in [-0.15, -0.1) is 0 Å². The van der Waals surface area contributed by atoms with E-state index in [0.29, 0.717) is 5.92 Å². The summed E-state index contributed by atoms with van der Waals surface area (Å²) in [5, 5.41) is 5.43. The topological polar surface area (TPSA) is 63.9 Å². The minimum Gasteiger partial charge on any atom is -0.338 e. The lowest BCUT2D eigenvalue weighted by molar-refractivity contribution is 0.0711. The van der Waals surface area contributed by atoms with Crippen LogP contribution < -0.4 is 0 Å². The van der Waals surface area contributed by atoms with Crippen molar-refractivity contribution in [3.8, 4) is 0 Å². The predicted octanol–water partition coefficient (Wildman–Crippen LogP) is 3.56. The zero-order valence-electron chi connectivity index (χ0n) is 15.9. The number of rotatable bonds is 4. The van der Waals surface area contributed by atoms with Gasteiger partial charge in [0.2, 0.25) is 0 Å². The Morgan fingerprint density at radius 2 is 2.04 bits per heavy atom. The number of hydrogen-bond acceptors (Lipinski definition) is 4. The number of amides is 1. The Kier molecular flexibility index (Phi) is 4.88.